The molecule has 1 N–H and O–H groups in total. The number of carboxylic acid groups (broad SMARTS) is 1. The van der Waals surface area contributed by atoms with Crippen LogP contribution in [0, 0.1) is 0 Å². The van der Waals surface area contributed by atoms with Gasteiger partial charge in [-0.05, 0) is 0 Å². The van der Waals surface area contributed by atoms with E-state index >= 15 is 0 Å². The smallest absolute Gasteiger partial charge is 0.477 e. The molecule has 0 aliphatic rings. The molecule has 0 aliphatic heterocycles. The molecule has 0 rings (SSSR count). The second-order valence-corrected chi connectivity index (χ2v) is 8.84. The van der Waals surface area contributed by atoms with Gasteiger partial charge in [-0.3, -0.25) is 0 Å². The highest BCUT2D eigenvalue weighted by Gasteiger charge is 3.01. The lowest BCUT2D eigenvalue weighted by molar-refractivity contribution is -0.534. The van der Waals surface area contributed by atoms with Gasteiger partial charge in [-0.15, -0.1) is 13.2 Å². The van der Waals surface area contributed by atoms with Gasteiger partial charge in [0.2, 0.25) is 0 Å². The average molecular weight is 830 g/mol. The van der Waals surface area contributed by atoms with Crippen LogP contribution in [-0.2, 0) is 9.53 Å². The predicted molar refractivity (Wildman–Crippen MR) is 84.0 cm³/mol. The third-order valence-electron chi connectivity index (χ3n) is 5.63. The molecule has 0 spiro atoms. The molecule has 0 radical (unpaired) electrons. The summed E-state index contributed by atoms with van der Waals surface area (Å²) < 4.78 is 415. The molecule has 3 nitrogen and oxygen atoms in total. The van der Waals surface area contributed by atoms with Crippen molar-refractivity contribution < 1.29 is 151 Å². The van der Waals surface area contributed by atoms with Crippen molar-refractivity contribution in [3.63, 3.8) is 0 Å². The molecule has 0 saturated heterocycles. The minimum Gasteiger partial charge on any atom is -0.477 e. The van der Waals surface area contributed by atoms with Crippen LogP contribution in [0.5, 0.6) is 0 Å². The molecule has 0 fully saturated rings. The second kappa shape index (κ2) is 11.4. The minimum atomic E-state index is -10.3. The maximum Gasteiger partial charge on any atom is 0.525 e. The molecule has 300 valence electrons. The topological polar surface area (TPSA) is 46.5 Å². The minimum absolute atomic E-state index is 0.509. The summed E-state index contributed by atoms with van der Waals surface area (Å²) in [6.07, 6.45) is -16.9. The van der Waals surface area contributed by atoms with Gasteiger partial charge in [0.05, 0.1) is 0 Å². The third-order valence-corrected chi connectivity index (χ3v) is 5.63. The van der Waals surface area contributed by atoms with E-state index in [0.29, 0.717) is 4.74 Å². The van der Waals surface area contributed by atoms with Crippen molar-refractivity contribution >= 4 is 5.97 Å². The van der Waals surface area contributed by atoms with Gasteiger partial charge >= 0.3 is 95.4 Å². The van der Waals surface area contributed by atoms with Crippen LogP contribution in [0.15, 0.2) is 0 Å². The van der Waals surface area contributed by atoms with Gasteiger partial charge < -0.3 is 5.11 Å². The largest absolute Gasteiger partial charge is 0.525 e. The van der Waals surface area contributed by atoms with Crippen LogP contribution in [0.25, 0.3) is 0 Å². The van der Waals surface area contributed by atoms with E-state index in [4.69, 9.17) is 5.11 Å². The first-order valence-electron chi connectivity index (χ1n) is 10.2. The lowest BCUT2D eigenvalue weighted by Crippen LogP contribution is -2.81. The van der Waals surface area contributed by atoms with Gasteiger partial charge in [-0.2, -0.15) is 123 Å². The van der Waals surface area contributed by atoms with Gasteiger partial charge in [0, 0.05) is 0 Å². The Morgan fingerprint density at radius 3 is 0.720 bits per heavy atom. The number of halogens is 31. The highest BCUT2D eigenvalue weighted by molar-refractivity contribution is 5.77. The fourth-order valence-corrected chi connectivity index (χ4v) is 2.78. The van der Waals surface area contributed by atoms with Crippen LogP contribution in [0.2, 0.25) is 0 Å². The Morgan fingerprint density at radius 2 is 0.520 bits per heavy atom. The normalized spacial score (nSPS) is 17.9. The fourth-order valence-electron chi connectivity index (χ4n) is 2.78. The number of rotatable bonds is 14. The molecule has 50 heavy (non-hydrogen) atoms. The Morgan fingerprint density at radius 1 is 0.320 bits per heavy atom. The van der Waals surface area contributed by atoms with E-state index in [1.165, 1.54) is 0 Å². The van der Waals surface area contributed by atoms with Crippen LogP contribution < -0.4 is 0 Å². The zero-order valence-electron chi connectivity index (χ0n) is 21.0. The van der Waals surface area contributed by atoms with Crippen molar-refractivity contribution in [2.45, 2.75) is 89.5 Å². The number of hydrogen-bond acceptors (Lipinski definition) is 2. The van der Waals surface area contributed by atoms with E-state index in [-0.39, 0.29) is 0 Å². The van der Waals surface area contributed by atoms with Crippen LogP contribution in [0.4, 0.5) is 136 Å². The van der Waals surface area contributed by atoms with Crippen LogP contribution in [-0.4, -0.2) is 101 Å². The predicted octanol–water partition coefficient (Wildman–Crippen LogP) is 9.46. The first kappa shape index (κ1) is 47.3. The molecule has 0 heterocycles. The monoisotopic (exact) mass is 830 g/mol. The average Bonchev–Trinajstić information content (AvgIpc) is 2.85. The first-order valence-corrected chi connectivity index (χ1v) is 10.2. The second-order valence-electron chi connectivity index (χ2n) is 8.84. The number of aliphatic carboxylic acids is 1. The quantitative estimate of drug-likeness (QED) is 0.178. The molecule has 0 aromatic rings. The third kappa shape index (κ3) is 5.56. The van der Waals surface area contributed by atoms with Gasteiger partial charge in [0.25, 0.3) is 0 Å². The Balaban J connectivity index is 8.18. The van der Waals surface area contributed by atoms with Gasteiger partial charge in [0.15, 0.2) is 0 Å². The van der Waals surface area contributed by atoms with E-state index in [2.05, 4.69) is 0 Å². The summed E-state index contributed by atoms with van der Waals surface area (Å²) in [7, 11) is 0. The van der Waals surface area contributed by atoms with E-state index in [9.17, 15) is 141 Å². The van der Waals surface area contributed by atoms with Crippen LogP contribution in [0.1, 0.15) is 0 Å². The summed E-state index contributed by atoms with van der Waals surface area (Å²) in [4.78, 5) is 9.97. The van der Waals surface area contributed by atoms with Gasteiger partial charge in [0.1, 0.15) is 0 Å². The molecule has 34 heteroatoms. The van der Waals surface area contributed by atoms with Crippen molar-refractivity contribution in [3.8, 4) is 0 Å². The molecule has 0 aliphatic carbocycles. The summed E-state index contributed by atoms with van der Waals surface area (Å²) in [6.45, 7) is 0. The van der Waals surface area contributed by atoms with Crippen molar-refractivity contribution in [1.29, 1.82) is 0 Å². The standard InChI is InChI=1S/C16HF31O3/c17-2(18,1(48)49)3(19,20)4(21,22)5(23,24)6(25,26)8(29,30)11(35,36)14(41,50-16(45,46)47)12(37,38)9(31,32)7(27,28)10(33,34)13(39,40)15(42,43)44/h(H,48,49). The summed E-state index contributed by atoms with van der Waals surface area (Å²) in [5, 5.41) is 7.68. The molecule has 1 unspecified atom stereocenters. The van der Waals surface area contributed by atoms with Crippen molar-refractivity contribution in [3.05, 3.63) is 0 Å². The molecular formula is C16HF31O3. The number of carboxylic acids is 1. The SMILES string of the molecule is O=C(O)C(F)(F)C(F)(F)C(F)(F)C(F)(F)C(F)(F)C(F)(F)C(F)(F)C(F)(OC(F)(F)F)C(F)(F)C(F)(F)C(F)(F)C(F)(F)C(F)(F)C(F)(F)F. The Hall–Kier alpha value is -2.74. The maximum absolute atomic E-state index is 14.5. The maximum atomic E-state index is 14.5. The fraction of sp³-hybridized carbons (Fsp3) is 0.938. The summed E-state index contributed by atoms with van der Waals surface area (Å²) >= 11 is 0. The molecule has 0 aromatic heterocycles. The molecular weight excluding hydrogens is 829 g/mol. The Kier molecular flexibility index (Phi) is 10.8. The number of ether oxygens (including phenoxy) is 1. The lowest BCUT2D eigenvalue weighted by atomic mass is 9.82. The van der Waals surface area contributed by atoms with Crippen LogP contribution >= 0.6 is 0 Å². The molecule has 0 aromatic carbocycles. The molecule has 0 bridgehead atoms. The Bertz CT molecular complexity index is 1270. The number of hydrogen-bond donors (Lipinski definition) is 1. The molecule has 0 amide bonds. The van der Waals surface area contributed by atoms with Gasteiger partial charge in [-0.1, -0.05) is 0 Å². The van der Waals surface area contributed by atoms with E-state index < -0.39 is 95.4 Å². The van der Waals surface area contributed by atoms with Gasteiger partial charge in [-0.25, -0.2) is 9.53 Å². The molecule has 0 saturated carbocycles. The highest BCUT2D eigenvalue weighted by atomic mass is 19.4. The van der Waals surface area contributed by atoms with Crippen LogP contribution in [0.3, 0.4) is 0 Å². The van der Waals surface area contributed by atoms with Crippen molar-refractivity contribution in [2.75, 3.05) is 0 Å². The summed E-state index contributed by atoms with van der Waals surface area (Å²) in [6, 6.07) is 0. The van der Waals surface area contributed by atoms with Crippen molar-refractivity contribution in [1.82, 2.24) is 0 Å². The number of carbonyl (C=O) groups is 1. The lowest BCUT2D eigenvalue weighted by Gasteiger charge is -2.48. The zero-order valence-corrected chi connectivity index (χ0v) is 21.0. The Labute approximate surface area is 247 Å². The first-order chi connectivity index (χ1) is 20.9. The highest BCUT2D eigenvalue weighted by Crippen LogP contribution is 2.69. The van der Waals surface area contributed by atoms with E-state index in [0.717, 1.165) is 0 Å². The van der Waals surface area contributed by atoms with Crippen molar-refractivity contribution in [2.24, 2.45) is 0 Å². The number of alkyl halides is 31. The van der Waals surface area contributed by atoms with E-state index in [1.807, 2.05) is 0 Å². The molecule has 1 atom stereocenters. The summed E-state index contributed by atoms with van der Waals surface area (Å²) in [5.41, 5.74) is 0. The summed E-state index contributed by atoms with van der Waals surface area (Å²) in [5.74, 6) is -130. The van der Waals surface area contributed by atoms with E-state index in [1.54, 1.807) is 0 Å². The zero-order chi connectivity index (χ0) is 41.8.